The maximum absolute atomic E-state index is 12.0. The molecule has 1 amide bonds. The third-order valence-electron chi connectivity index (χ3n) is 4.95. The van der Waals surface area contributed by atoms with Crippen LogP contribution in [0.4, 0.5) is 11.4 Å². The van der Waals surface area contributed by atoms with Crippen LogP contribution in [-0.4, -0.2) is 19.0 Å². The molecule has 1 aliphatic rings. The van der Waals surface area contributed by atoms with Gasteiger partial charge in [0.15, 0.2) is 0 Å². The molecule has 0 atom stereocenters. The fourth-order valence-electron chi connectivity index (χ4n) is 3.68. The Balaban J connectivity index is 1.39. The number of amides is 1. The van der Waals surface area contributed by atoms with Crippen LogP contribution in [0.1, 0.15) is 45.1 Å². The number of nitrogens with zero attached hydrogens (tertiary/aromatic N) is 1. The van der Waals surface area contributed by atoms with Gasteiger partial charge in [-0.2, -0.15) is 0 Å². The van der Waals surface area contributed by atoms with Gasteiger partial charge in [-0.3, -0.25) is 4.79 Å². The van der Waals surface area contributed by atoms with E-state index in [-0.39, 0.29) is 11.3 Å². The van der Waals surface area contributed by atoms with Gasteiger partial charge in [0.05, 0.1) is 0 Å². The van der Waals surface area contributed by atoms with Crippen molar-refractivity contribution in [3.8, 4) is 0 Å². The standard InChI is InChI=1S/C22H28N2O/c1-22(2)17-24(20-14-9-8-13-19(20)22)16-10-4-7-15-21(25)23-18-11-5-3-6-12-18/h3,5-6,8-9,11-14H,4,7,10,15-17H2,1-2H3,(H,23,25). The molecule has 3 heteroatoms. The van der Waals surface area contributed by atoms with Gasteiger partial charge in [0.2, 0.25) is 5.91 Å². The van der Waals surface area contributed by atoms with Gasteiger partial charge in [-0.1, -0.05) is 56.7 Å². The number of para-hydroxylation sites is 2. The summed E-state index contributed by atoms with van der Waals surface area (Å²) < 4.78 is 0. The summed E-state index contributed by atoms with van der Waals surface area (Å²) in [6.45, 7) is 6.79. The lowest BCUT2D eigenvalue weighted by Gasteiger charge is -2.22. The highest BCUT2D eigenvalue weighted by Gasteiger charge is 2.33. The molecule has 0 aliphatic carbocycles. The number of rotatable bonds is 7. The van der Waals surface area contributed by atoms with Crippen LogP contribution in [0.25, 0.3) is 0 Å². The molecule has 0 unspecified atom stereocenters. The molecule has 25 heavy (non-hydrogen) atoms. The summed E-state index contributed by atoms with van der Waals surface area (Å²) in [7, 11) is 0. The van der Waals surface area contributed by atoms with E-state index >= 15 is 0 Å². The van der Waals surface area contributed by atoms with Crippen molar-refractivity contribution in [1.82, 2.24) is 0 Å². The Hall–Kier alpha value is -2.29. The SMILES string of the molecule is CC1(C)CN(CCCCCC(=O)Nc2ccccc2)c2ccccc21. The van der Waals surface area contributed by atoms with E-state index in [4.69, 9.17) is 0 Å². The number of carbonyl (C=O) groups excluding carboxylic acids is 1. The van der Waals surface area contributed by atoms with Crippen LogP contribution in [0.3, 0.4) is 0 Å². The summed E-state index contributed by atoms with van der Waals surface area (Å²) in [4.78, 5) is 14.5. The molecular weight excluding hydrogens is 308 g/mol. The normalized spacial score (nSPS) is 15.0. The summed E-state index contributed by atoms with van der Waals surface area (Å²) in [5.74, 6) is 0.110. The Bertz CT molecular complexity index is 709. The molecule has 0 bridgehead atoms. The molecule has 0 aromatic heterocycles. The maximum atomic E-state index is 12.0. The van der Waals surface area contributed by atoms with Gasteiger partial charge >= 0.3 is 0 Å². The first kappa shape index (κ1) is 17.5. The molecule has 0 spiro atoms. The first-order chi connectivity index (χ1) is 12.1. The van der Waals surface area contributed by atoms with Crippen LogP contribution in [-0.2, 0) is 10.2 Å². The summed E-state index contributed by atoms with van der Waals surface area (Å²) in [6.07, 6.45) is 3.75. The molecule has 0 saturated carbocycles. The number of fused-ring (bicyclic) bond motifs is 1. The summed E-state index contributed by atoms with van der Waals surface area (Å²) >= 11 is 0. The Morgan fingerprint density at radius 1 is 1.00 bits per heavy atom. The predicted molar refractivity (Wildman–Crippen MR) is 105 cm³/mol. The third-order valence-corrected chi connectivity index (χ3v) is 4.95. The maximum Gasteiger partial charge on any atom is 0.224 e. The Morgan fingerprint density at radius 2 is 1.72 bits per heavy atom. The van der Waals surface area contributed by atoms with Crippen molar-refractivity contribution in [2.24, 2.45) is 0 Å². The summed E-state index contributed by atoms with van der Waals surface area (Å²) in [6, 6.07) is 18.4. The highest BCUT2D eigenvalue weighted by atomic mass is 16.1. The zero-order chi connectivity index (χ0) is 17.7. The highest BCUT2D eigenvalue weighted by Crippen LogP contribution is 2.40. The molecule has 1 N–H and O–H groups in total. The van der Waals surface area contributed by atoms with Crippen molar-refractivity contribution >= 4 is 17.3 Å². The van der Waals surface area contributed by atoms with Crippen LogP contribution in [0.15, 0.2) is 54.6 Å². The average Bonchev–Trinajstić information content (AvgIpc) is 2.87. The van der Waals surface area contributed by atoms with Gasteiger partial charge in [0.1, 0.15) is 0 Å². The Labute approximate surface area is 151 Å². The number of carbonyl (C=O) groups is 1. The average molecular weight is 336 g/mol. The van der Waals surface area contributed by atoms with E-state index in [9.17, 15) is 4.79 Å². The number of hydrogen-bond acceptors (Lipinski definition) is 2. The molecule has 0 saturated heterocycles. The lowest BCUT2D eigenvalue weighted by Crippen LogP contribution is -2.29. The van der Waals surface area contributed by atoms with Gasteiger partial charge in [-0.15, -0.1) is 0 Å². The fraction of sp³-hybridized carbons (Fsp3) is 0.409. The number of nitrogens with one attached hydrogen (secondary N) is 1. The van der Waals surface area contributed by atoms with Gasteiger partial charge in [0, 0.05) is 36.3 Å². The van der Waals surface area contributed by atoms with E-state index in [2.05, 4.69) is 48.3 Å². The number of unbranched alkanes of at least 4 members (excludes halogenated alkanes) is 2. The van der Waals surface area contributed by atoms with E-state index in [1.165, 1.54) is 11.3 Å². The lowest BCUT2D eigenvalue weighted by atomic mass is 9.87. The quantitative estimate of drug-likeness (QED) is 0.723. The molecule has 0 radical (unpaired) electrons. The Kier molecular flexibility index (Phi) is 5.42. The van der Waals surface area contributed by atoms with Gasteiger partial charge in [-0.05, 0) is 36.6 Å². The minimum Gasteiger partial charge on any atom is -0.370 e. The van der Waals surface area contributed by atoms with Gasteiger partial charge in [0.25, 0.3) is 0 Å². The summed E-state index contributed by atoms with van der Waals surface area (Å²) in [5, 5.41) is 2.95. The molecule has 3 nitrogen and oxygen atoms in total. The largest absolute Gasteiger partial charge is 0.370 e. The van der Waals surface area contributed by atoms with E-state index in [1.807, 2.05) is 30.3 Å². The highest BCUT2D eigenvalue weighted by molar-refractivity contribution is 5.90. The third kappa shape index (κ3) is 4.41. The van der Waals surface area contributed by atoms with E-state index < -0.39 is 0 Å². The minimum atomic E-state index is 0.110. The van der Waals surface area contributed by atoms with E-state index in [0.29, 0.717) is 6.42 Å². The number of benzene rings is 2. The van der Waals surface area contributed by atoms with Crippen molar-refractivity contribution in [3.63, 3.8) is 0 Å². The first-order valence-electron chi connectivity index (χ1n) is 9.26. The van der Waals surface area contributed by atoms with E-state index in [0.717, 1.165) is 38.0 Å². The smallest absolute Gasteiger partial charge is 0.224 e. The van der Waals surface area contributed by atoms with Crippen LogP contribution in [0, 0.1) is 0 Å². The molecule has 3 rings (SSSR count). The first-order valence-corrected chi connectivity index (χ1v) is 9.26. The van der Waals surface area contributed by atoms with Crippen LogP contribution >= 0.6 is 0 Å². The van der Waals surface area contributed by atoms with Crippen molar-refractivity contribution in [3.05, 3.63) is 60.2 Å². The lowest BCUT2D eigenvalue weighted by molar-refractivity contribution is -0.116. The minimum absolute atomic E-state index is 0.110. The second-order valence-corrected chi connectivity index (χ2v) is 7.55. The molecular formula is C22H28N2O. The fourth-order valence-corrected chi connectivity index (χ4v) is 3.68. The molecule has 1 heterocycles. The van der Waals surface area contributed by atoms with Crippen molar-refractivity contribution in [2.75, 3.05) is 23.3 Å². The monoisotopic (exact) mass is 336 g/mol. The molecule has 2 aromatic carbocycles. The van der Waals surface area contributed by atoms with Gasteiger partial charge in [-0.25, -0.2) is 0 Å². The van der Waals surface area contributed by atoms with Crippen molar-refractivity contribution < 1.29 is 4.79 Å². The van der Waals surface area contributed by atoms with E-state index in [1.54, 1.807) is 0 Å². The van der Waals surface area contributed by atoms with Gasteiger partial charge < -0.3 is 10.2 Å². The second kappa shape index (κ2) is 7.73. The Morgan fingerprint density at radius 3 is 2.52 bits per heavy atom. The number of hydrogen-bond donors (Lipinski definition) is 1. The van der Waals surface area contributed by atoms with Crippen LogP contribution < -0.4 is 10.2 Å². The topological polar surface area (TPSA) is 32.3 Å². The van der Waals surface area contributed by atoms with Crippen molar-refractivity contribution in [1.29, 1.82) is 0 Å². The van der Waals surface area contributed by atoms with Crippen LogP contribution in [0.5, 0.6) is 0 Å². The molecule has 2 aromatic rings. The molecule has 0 fully saturated rings. The molecule has 1 aliphatic heterocycles. The number of anilines is 2. The predicted octanol–water partition coefficient (Wildman–Crippen LogP) is 4.98. The molecule has 132 valence electrons. The zero-order valence-electron chi connectivity index (χ0n) is 15.3. The second-order valence-electron chi connectivity index (χ2n) is 7.55. The van der Waals surface area contributed by atoms with Crippen LogP contribution in [0.2, 0.25) is 0 Å². The zero-order valence-corrected chi connectivity index (χ0v) is 15.3. The van der Waals surface area contributed by atoms with Crippen molar-refractivity contribution in [2.45, 2.75) is 44.9 Å². The summed E-state index contributed by atoms with van der Waals surface area (Å²) in [5.41, 5.74) is 3.95.